The topological polar surface area (TPSA) is 61.4 Å². The molecular weight excluding hydrogens is 426 g/mol. The lowest BCUT2D eigenvalue weighted by molar-refractivity contribution is 0.0664. The highest BCUT2D eigenvalue weighted by molar-refractivity contribution is 7.99. The molecule has 0 spiro atoms. The summed E-state index contributed by atoms with van der Waals surface area (Å²) in [5.74, 6) is 0.175. The summed E-state index contributed by atoms with van der Waals surface area (Å²) < 4.78 is 0. The monoisotopic (exact) mass is 447 g/mol. The average Bonchev–Trinajstić information content (AvgIpc) is 3.01. The Hall–Kier alpha value is -3.16. The number of anilines is 2. The highest BCUT2D eigenvalue weighted by Crippen LogP contribution is 2.25. The lowest BCUT2D eigenvalue weighted by Crippen LogP contribution is -2.31. The number of carbonyl (C=O) groups excluding carboxylic acids is 2. The number of imide groups is 1. The van der Waals surface area contributed by atoms with Gasteiger partial charge in [-0.15, -0.1) is 11.8 Å². The molecule has 4 rings (SSSR count). The smallest absolute Gasteiger partial charge is 0.261 e. The minimum Gasteiger partial charge on any atom is -0.332 e. The Morgan fingerprint density at radius 3 is 2.19 bits per heavy atom. The SMILES string of the molecule is Cc1ccc(NC(=S)Nc2cccc(SCCN3C(=O)c4ccccc4C3=O)c2)cc1. The fourth-order valence-corrected chi connectivity index (χ4v) is 4.42. The van der Waals surface area contributed by atoms with Crippen LogP contribution in [0.5, 0.6) is 0 Å². The van der Waals surface area contributed by atoms with Crippen molar-refractivity contribution in [1.29, 1.82) is 0 Å². The van der Waals surface area contributed by atoms with E-state index in [1.165, 1.54) is 10.5 Å². The van der Waals surface area contributed by atoms with Crippen LogP contribution in [0.15, 0.2) is 77.7 Å². The molecule has 7 heteroatoms. The number of rotatable bonds is 6. The van der Waals surface area contributed by atoms with Crippen molar-refractivity contribution in [3.05, 3.63) is 89.5 Å². The van der Waals surface area contributed by atoms with Crippen LogP contribution in [0.3, 0.4) is 0 Å². The van der Waals surface area contributed by atoms with E-state index in [1.807, 2.05) is 55.5 Å². The van der Waals surface area contributed by atoms with Crippen LogP contribution in [0.1, 0.15) is 26.3 Å². The van der Waals surface area contributed by atoms with Crippen molar-refractivity contribution in [1.82, 2.24) is 4.90 Å². The van der Waals surface area contributed by atoms with Gasteiger partial charge in [0.05, 0.1) is 11.1 Å². The first kappa shape index (κ1) is 21.1. The fraction of sp³-hybridized carbons (Fsp3) is 0.125. The molecular formula is C24H21N3O2S2. The molecule has 0 atom stereocenters. The van der Waals surface area contributed by atoms with E-state index in [1.54, 1.807) is 36.0 Å². The standard InChI is InChI=1S/C24H21N3O2S2/c1-16-9-11-17(12-10-16)25-24(30)26-18-5-4-6-19(15-18)31-14-13-27-22(28)20-7-2-3-8-21(20)23(27)29/h2-12,15H,13-14H2,1H3,(H2,25,26,30). The molecule has 0 radical (unpaired) electrons. The molecule has 2 amide bonds. The molecule has 31 heavy (non-hydrogen) atoms. The van der Waals surface area contributed by atoms with Gasteiger partial charge in [-0.25, -0.2) is 0 Å². The number of hydrogen-bond acceptors (Lipinski definition) is 4. The molecule has 0 fully saturated rings. The Morgan fingerprint density at radius 2 is 1.52 bits per heavy atom. The van der Waals surface area contributed by atoms with Crippen molar-refractivity contribution in [2.75, 3.05) is 22.9 Å². The summed E-state index contributed by atoms with van der Waals surface area (Å²) in [6, 6.07) is 22.8. The fourth-order valence-electron chi connectivity index (χ4n) is 3.29. The molecule has 2 N–H and O–H groups in total. The van der Waals surface area contributed by atoms with E-state index >= 15 is 0 Å². The van der Waals surface area contributed by atoms with E-state index in [-0.39, 0.29) is 11.8 Å². The van der Waals surface area contributed by atoms with Crippen LogP contribution < -0.4 is 10.6 Å². The number of thioether (sulfide) groups is 1. The summed E-state index contributed by atoms with van der Waals surface area (Å²) in [5, 5.41) is 6.87. The molecule has 0 bridgehead atoms. The van der Waals surface area contributed by atoms with Crippen molar-refractivity contribution in [3.63, 3.8) is 0 Å². The van der Waals surface area contributed by atoms with Crippen LogP contribution in [-0.4, -0.2) is 34.1 Å². The second-order valence-corrected chi connectivity index (χ2v) is 8.71. The van der Waals surface area contributed by atoms with E-state index in [0.29, 0.717) is 28.5 Å². The van der Waals surface area contributed by atoms with Crippen LogP contribution in [0.2, 0.25) is 0 Å². The van der Waals surface area contributed by atoms with Gasteiger partial charge in [-0.2, -0.15) is 0 Å². The first-order chi connectivity index (χ1) is 15.0. The third-order valence-electron chi connectivity index (χ3n) is 4.86. The van der Waals surface area contributed by atoms with Gasteiger partial charge in [0.2, 0.25) is 0 Å². The Balaban J connectivity index is 1.31. The Bertz CT molecular complexity index is 1110. The quantitative estimate of drug-likeness (QED) is 0.308. The molecule has 0 aliphatic carbocycles. The summed E-state index contributed by atoms with van der Waals surface area (Å²) in [4.78, 5) is 27.3. The first-order valence-corrected chi connectivity index (χ1v) is 11.2. The number of thiocarbonyl (C=S) groups is 1. The zero-order valence-corrected chi connectivity index (χ0v) is 18.6. The molecule has 3 aromatic rings. The lowest BCUT2D eigenvalue weighted by Gasteiger charge is -2.14. The van der Waals surface area contributed by atoms with Gasteiger partial charge in [-0.1, -0.05) is 35.9 Å². The van der Waals surface area contributed by atoms with Crippen molar-refractivity contribution in [3.8, 4) is 0 Å². The number of benzene rings is 3. The molecule has 5 nitrogen and oxygen atoms in total. The van der Waals surface area contributed by atoms with Gasteiger partial charge in [0, 0.05) is 28.6 Å². The van der Waals surface area contributed by atoms with Crippen molar-refractivity contribution in [2.24, 2.45) is 0 Å². The highest BCUT2D eigenvalue weighted by Gasteiger charge is 2.34. The number of nitrogens with zero attached hydrogens (tertiary/aromatic N) is 1. The summed E-state index contributed by atoms with van der Waals surface area (Å²) in [6.45, 7) is 2.40. The number of aryl methyl sites for hydroxylation is 1. The molecule has 1 aliphatic heterocycles. The van der Waals surface area contributed by atoms with Crippen molar-refractivity contribution in [2.45, 2.75) is 11.8 Å². The van der Waals surface area contributed by atoms with E-state index < -0.39 is 0 Å². The molecule has 0 unspecified atom stereocenters. The van der Waals surface area contributed by atoms with Gasteiger partial charge in [0.1, 0.15) is 0 Å². The predicted molar refractivity (Wildman–Crippen MR) is 130 cm³/mol. The first-order valence-electron chi connectivity index (χ1n) is 9.84. The molecule has 0 aromatic heterocycles. The maximum atomic E-state index is 12.5. The van der Waals surface area contributed by atoms with Crippen molar-refractivity contribution >= 4 is 52.3 Å². The van der Waals surface area contributed by atoms with Crippen molar-refractivity contribution < 1.29 is 9.59 Å². The second kappa shape index (κ2) is 9.32. The van der Waals surface area contributed by atoms with E-state index in [2.05, 4.69) is 10.6 Å². The largest absolute Gasteiger partial charge is 0.332 e. The van der Waals surface area contributed by atoms with Gasteiger partial charge in [-0.3, -0.25) is 14.5 Å². The summed E-state index contributed by atoms with van der Waals surface area (Å²) >= 11 is 6.99. The number of fused-ring (bicyclic) bond motifs is 1. The summed E-state index contributed by atoms with van der Waals surface area (Å²) in [7, 11) is 0. The van der Waals surface area contributed by atoms with Crippen LogP contribution in [0.25, 0.3) is 0 Å². The number of amides is 2. The minimum atomic E-state index is -0.218. The predicted octanol–water partition coefficient (Wildman–Crippen LogP) is 5.19. The van der Waals surface area contributed by atoms with Gasteiger partial charge in [0.25, 0.3) is 11.8 Å². The molecule has 1 aliphatic rings. The molecule has 0 saturated carbocycles. The summed E-state index contributed by atoms with van der Waals surface area (Å²) in [6.07, 6.45) is 0. The Kier molecular flexibility index (Phi) is 6.34. The molecule has 156 valence electrons. The van der Waals surface area contributed by atoms with Gasteiger partial charge >= 0.3 is 0 Å². The third-order valence-corrected chi connectivity index (χ3v) is 6.04. The maximum absolute atomic E-state index is 12.5. The zero-order valence-electron chi connectivity index (χ0n) is 16.9. The Morgan fingerprint density at radius 1 is 0.871 bits per heavy atom. The van der Waals surface area contributed by atoms with Gasteiger partial charge in [-0.05, 0) is 61.6 Å². The van der Waals surface area contributed by atoms with Crippen LogP contribution in [0.4, 0.5) is 11.4 Å². The lowest BCUT2D eigenvalue weighted by atomic mass is 10.1. The normalized spacial score (nSPS) is 12.6. The number of nitrogens with one attached hydrogen (secondary N) is 2. The van der Waals surface area contributed by atoms with E-state index in [0.717, 1.165) is 16.3 Å². The Labute approximate surface area is 190 Å². The highest BCUT2D eigenvalue weighted by atomic mass is 32.2. The number of carbonyl (C=O) groups is 2. The molecule has 3 aromatic carbocycles. The second-order valence-electron chi connectivity index (χ2n) is 7.13. The van der Waals surface area contributed by atoms with Crippen LogP contribution in [0, 0.1) is 6.92 Å². The molecule has 1 heterocycles. The summed E-state index contributed by atoms with van der Waals surface area (Å²) in [5.41, 5.74) is 3.96. The van der Waals surface area contributed by atoms with E-state index in [9.17, 15) is 9.59 Å². The number of hydrogen-bond donors (Lipinski definition) is 2. The third kappa shape index (κ3) is 4.95. The molecule has 0 saturated heterocycles. The van der Waals surface area contributed by atoms with Crippen LogP contribution >= 0.6 is 24.0 Å². The average molecular weight is 448 g/mol. The van der Waals surface area contributed by atoms with E-state index in [4.69, 9.17) is 12.2 Å². The van der Waals surface area contributed by atoms with Gasteiger partial charge < -0.3 is 10.6 Å². The maximum Gasteiger partial charge on any atom is 0.261 e. The van der Waals surface area contributed by atoms with Crippen LogP contribution in [-0.2, 0) is 0 Å². The minimum absolute atomic E-state index is 0.218. The van der Waals surface area contributed by atoms with Gasteiger partial charge in [0.15, 0.2) is 5.11 Å². The zero-order chi connectivity index (χ0) is 21.8.